The molecule has 9 heteroatoms. The van der Waals surface area contributed by atoms with Gasteiger partial charge < -0.3 is 11.1 Å². The van der Waals surface area contributed by atoms with E-state index in [0.717, 1.165) is 6.42 Å². The van der Waals surface area contributed by atoms with Crippen LogP contribution in [0.5, 0.6) is 0 Å². The average Bonchev–Trinajstić information content (AvgIpc) is 2.78. The van der Waals surface area contributed by atoms with Gasteiger partial charge in [0.05, 0.1) is 17.5 Å². The van der Waals surface area contributed by atoms with Gasteiger partial charge in [0, 0.05) is 6.54 Å². The number of rotatable bonds is 7. The SMILES string of the molecule is CCCC(N)C(=O)NCCn1cc([N+](=O)[O-])cn1.Cl. The largest absolute Gasteiger partial charge is 0.353 e. The molecule has 3 N–H and O–H groups in total. The molecule has 0 radical (unpaired) electrons. The maximum absolute atomic E-state index is 11.5. The smallest absolute Gasteiger partial charge is 0.306 e. The lowest BCUT2D eigenvalue weighted by Gasteiger charge is -2.10. The zero-order valence-electron chi connectivity index (χ0n) is 10.6. The summed E-state index contributed by atoms with van der Waals surface area (Å²) in [7, 11) is 0. The van der Waals surface area contributed by atoms with Gasteiger partial charge in [-0.2, -0.15) is 5.10 Å². The first-order valence-corrected chi connectivity index (χ1v) is 5.74. The Kier molecular flexibility index (Phi) is 7.69. The number of hydrogen-bond acceptors (Lipinski definition) is 5. The quantitative estimate of drug-likeness (QED) is 0.559. The van der Waals surface area contributed by atoms with E-state index in [1.54, 1.807) is 0 Å². The minimum atomic E-state index is -0.515. The van der Waals surface area contributed by atoms with Crippen LogP contribution in [0.15, 0.2) is 12.4 Å². The minimum absolute atomic E-state index is 0. The summed E-state index contributed by atoms with van der Waals surface area (Å²) >= 11 is 0. The van der Waals surface area contributed by atoms with Crippen LogP contribution in [0.3, 0.4) is 0 Å². The molecule has 0 bridgehead atoms. The van der Waals surface area contributed by atoms with Gasteiger partial charge in [0.15, 0.2) is 0 Å². The molecule has 0 saturated heterocycles. The van der Waals surface area contributed by atoms with E-state index in [2.05, 4.69) is 10.4 Å². The number of nitrogens with two attached hydrogens (primary N) is 1. The fourth-order valence-electron chi connectivity index (χ4n) is 1.44. The molecular weight excluding hydrogens is 274 g/mol. The second-order valence-electron chi connectivity index (χ2n) is 3.90. The first kappa shape index (κ1) is 17.3. The fourth-order valence-corrected chi connectivity index (χ4v) is 1.44. The zero-order chi connectivity index (χ0) is 13.5. The van der Waals surface area contributed by atoms with Crippen LogP contribution < -0.4 is 11.1 Å². The van der Waals surface area contributed by atoms with E-state index in [1.165, 1.54) is 17.1 Å². The maximum Gasteiger partial charge on any atom is 0.306 e. The normalized spacial score (nSPS) is 11.5. The van der Waals surface area contributed by atoms with Gasteiger partial charge in [0.25, 0.3) is 0 Å². The van der Waals surface area contributed by atoms with E-state index in [-0.39, 0.29) is 24.0 Å². The molecule has 1 aromatic rings. The van der Waals surface area contributed by atoms with Crippen LogP contribution in [0.2, 0.25) is 0 Å². The molecule has 0 aliphatic heterocycles. The summed E-state index contributed by atoms with van der Waals surface area (Å²) in [5.41, 5.74) is 5.56. The Morgan fingerprint density at radius 2 is 2.37 bits per heavy atom. The third kappa shape index (κ3) is 5.66. The second kappa shape index (κ2) is 8.44. The molecule has 1 atom stereocenters. The molecule has 0 aliphatic rings. The summed E-state index contributed by atoms with van der Waals surface area (Å²) in [6.07, 6.45) is 3.97. The zero-order valence-corrected chi connectivity index (χ0v) is 11.4. The van der Waals surface area contributed by atoms with Crippen LogP contribution in [0, 0.1) is 10.1 Å². The summed E-state index contributed by atoms with van der Waals surface area (Å²) in [5, 5.41) is 16.9. The van der Waals surface area contributed by atoms with E-state index in [9.17, 15) is 14.9 Å². The molecule has 0 aliphatic carbocycles. The number of nitro groups is 1. The molecule has 1 rings (SSSR count). The van der Waals surface area contributed by atoms with E-state index in [4.69, 9.17) is 5.73 Å². The lowest BCUT2D eigenvalue weighted by Crippen LogP contribution is -2.41. The monoisotopic (exact) mass is 291 g/mol. The number of nitrogens with one attached hydrogen (secondary N) is 1. The van der Waals surface area contributed by atoms with Crippen molar-refractivity contribution in [2.24, 2.45) is 5.73 Å². The number of hydrogen-bond donors (Lipinski definition) is 2. The summed E-state index contributed by atoms with van der Waals surface area (Å²) in [6.45, 7) is 2.67. The van der Waals surface area contributed by atoms with Gasteiger partial charge in [-0.1, -0.05) is 13.3 Å². The Morgan fingerprint density at radius 1 is 1.68 bits per heavy atom. The molecule has 108 valence electrons. The standard InChI is InChI=1S/C10H17N5O3.ClH/c1-2-3-9(11)10(16)12-4-5-14-7-8(6-13-14)15(17)18;/h6-7,9H,2-5,11H2,1H3,(H,12,16);1H. The maximum atomic E-state index is 11.5. The fraction of sp³-hybridized carbons (Fsp3) is 0.600. The highest BCUT2D eigenvalue weighted by Crippen LogP contribution is 2.06. The van der Waals surface area contributed by atoms with Crippen LogP contribution in [0.4, 0.5) is 5.69 Å². The molecule has 19 heavy (non-hydrogen) atoms. The topological polar surface area (TPSA) is 116 Å². The van der Waals surface area contributed by atoms with E-state index < -0.39 is 11.0 Å². The van der Waals surface area contributed by atoms with Crippen molar-refractivity contribution < 1.29 is 9.72 Å². The highest BCUT2D eigenvalue weighted by Gasteiger charge is 2.12. The molecule has 1 heterocycles. The number of amides is 1. The van der Waals surface area contributed by atoms with Gasteiger partial charge in [-0.05, 0) is 6.42 Å². The van der Waals surface area contributed by atoms with E-state index >= 15 is 0 Å². The Hall–Kier alpha value is -1.67. The summed E-state index contributed by atoms with van der Waals surface area (Å²) in [5.74, 6) is -0.210. The number of halogens is 1. The van der Waals surface area contributed by atoms with Crippen molar-refractivity contribution in [1.82, 2.24) is 15.1 Å². The van der Waals surface area contributed by atoms with Gasteiger partial charge >= 0.3 is 5.69 Å². The summed E-state index contributed by atoms with van der Waals surface area (Å²) in [6, 6.07) is -0.498. The second-order valence-corrected chi connectivity index (χ2v) is 3.90. The van der Waals surface area contributed by atoms with Gasteiger partial charge in [-0.3, -0.25) is 19.6 Å². The first-order valence-electron chi connectivity index (χ1n) is 5.74. The van der Waals surface area contributed by atoms with Gasteiger partial charge in [0.2, 0.25) is 5.91 Å². The Labute approximate surface area is 116 Å². The molecule has 8 nitrogen and oxygen atoms in total. The van der Waals surface area contributed by atoms with Crippen molar-refractivity contribution in [2.75, 3.05) is 6.54 Å². The lowest BCUT2D eigenvalue weighted by atomic mass is 10.2. The van der Waals surface area contributed by atoms with Gasteiger partial charge in [0.1, 0.15) is 12.4 Å². The Balaban J connectivity index is 0.00000324. The van der Waals surface area contributed by atoms with Crippen molar-refractivity contribution in [1.29, 1.82) is 0 Å². The highest BCUT2D eigenvalue weighted by atomic mass is 35.5. The van der Waals surface area contributed by atoms with Crippen molar-refractivity contribution in [2.45, 2.75) is 32.4 Å². The molecule has 0 spiro atoms. The van der Waals surface area contributed by atoms with Crippen molar-refractivity contribution in [3.63, 3.8) is 0 Å². The van der Waals surface area contributed by atoms with E-state index in [0.29, 0.717) is 19.5 Å². The van der Waals surface area contributed by atoms with Crippen LogP contribution in [-0.2, 0) is 11.3 Å². The third-order valence-electron chi connectivity index (χ3n) is 2.41. The van der Waals surface area contributed by atoms with Crippen molar-refractivity contribution in [3.8, 4) is 0 Å². The Bertz CT molecular complexity index is 423. The molecule has 0 aromatic carbocycles. The molecule has 1 amide bonds. The summed E-state index contributed by atoms with van der Waals surface area (Å²) in [4.78, 5) is 21.4. The van der Waals surface area contributed by atoms with Crippen LogP contribution in [0.1, 0.15) is 19.8 Å². The number of carbonyl (C=O) groups excluding carboxylic acids is 1. The molecule has 1 unspecified atom stereocenters. The highest BCUT2D eigenvalue weighted by molar-refractivity contribution is 5.85. The third-order valence-corrected chi connectivity index (χ3v) is 2.41. The molecule has 0 saturated carbocycles. The minimum Gasteiger partial charge on any atom is -0.353 e. The molecular formula is C10H18ClN5O3. The van der Waals surface area contributed by atoms with E-state index in [1.807, 2.05) is 6.92 Å². The summed E-state index contributed by atoms with van der Waals surface area (Å²) < 4.78 is 1.41. The van der Waals surface area contributed by atoms with Crippen molar-refractivity contribution in [3.05, 3.63) is 22.5 Å². The molecule has 1 aromatic heterocycles. The van der Waals surface area contributed by atoms with Gasteiger partial charge in [-0.15, -0.1) is 12.4 Å². The first-order chi connectivity index (χ1) is 8.54. The van der Waals surface area contributed by atoms with Crippen molar-refractivity contribution >= 4 is 24.0 Å². The number of nitrogens with zero attached hydrogens (tertiary/aromatic N) is 3. The van der Waals surface area contributed by atoms with Crippen LogP contribution in [-0.4, -0.2) is 33.2 Å². The number of aromatic nitrogens is 2. The predicted octanol–water partition coefficient (Wildman–Crippen LogP) is 0.457. The lowest BCUT2D eigenvalue weighted by molar-refractivity contribution is -0.385. The van der Waals surface area contributed by atoms with Crippen LogP contribution in [0.25, 0.3) is 0 Å². The number of carbonyl (C=O) groups is 1. The Morgan fingerprint density at radius 3 is 2.89 bits per heavy atom. The average molecular weight is 292 g/mol. The van der Waals surface area contributed by atoms with Gasteiger partial charge in [-0.25, -0.2) is 0 Å². The predicted molar refractivity (Wildman–Crippen MR) is 72.0 cm³/mol. The van der Waals surface area contributed by atoms with Crippen LogP contribution >= 0.6 is 12.4 Å². The molecule has 0 fully saturated rings.